The number of hydrogen-bond donors (Lipinski definition) is 4. The lowest BCUT2D eigenvalue weighted by Crippen LogP contribution is -2.24. The van der Waals surface area contributed by atoms with Crippen molar-refractivity contribution in [2.45, 2.75) is 26.1 Å². The second kappa shape index (κ2) is 22.1. The third-order valence-corrected chi connectivity index (χ3v) is 10.8. The number of ether oxygens (including phenoxy) is 6. The summed E-state index contributed by atoms with van der Waals surface area (Å²) in [7, 11) is 7.85. The molecule has 2 atom stereocenters. The van der Waals surface area contributed by atoms with E-state index in [9.17, 15) is 14.3 Å². The number of benzene rings is 5. The normalized spacial score (nSPS) is 15.3. The number of hydrogen-bond acceptors (Lipinski definition) is 11. The highest BCUT2D eigenvalue weighted by atomic mass is 19.1. The largest absolute Gasteiger partial charge is 0.493 e. The highest BCUT2D eigenvalue weighted by molar-refractivity contribution is 5.96. The van der Waals surface area contributed by atoms with Crippen LogP contribution >= 0.6 is 0 Å². The molecule has 0 amide bonds. The van der Waals surface area contributed by atoms with Crippen LogP contribution in [-0.2, 0) is 11.4 Å². The summed E-state index contributed by atoms with van der Waals surface area (Å²) in [4.78, 5) is 12.7. The SMILES string of the molecule is COc1cc(/C=C\c2ccc(N/C=C\C(O)c3cccc(COc4cc(/C=C\c5ccc(N/C=C\C(=O)C6(C)C=CC(F)=CC6)cc5)cc(OC)c4OC)c3N)cc2)cc(OC)c1OC. The summed E-state index contributed by atoms with van der Waals surface area (Å²) in [5.41, 5.74) is 12.7. The first-order chi connectivity index (χ1) is 31.5. The summed E-state index contributed by atoms with van der Waals surface area (Å²) >= 11 is 0. The molecule has 0 aliphatic heterocycles. The maximum Gasteiger partial charge on any atom is 0.203 e. The molecule has 0 saturated carbocycles. The molecule has 0 radical (unpaired) electrons. The van der Waals surface area contributed by atoms with Crippen molar-refractivity contribution in [1.29, 1.82) is 0 Å². The molecule has 0 heterocycles. The number of allylic oxidation sites excluding steroid dienone is 5. The first kappa shape index (κ1) is 46.8. The quantitative estimate of drug-likeness (QED) is 0.0337. The minimum atomic E-state index is -0.990. The van der Waals surface area contributed by atoms with Gasteiger partial charge in [-0.25, -0.2) is 4.39 Å². The van der Waals surface area contributed by atoms with E-state index in [0.717, 1.165) is 33.6 Å². The molecule has 5 aromatic rings. The van der Waals surface area contributed by atoms with Gasteiger partial charge in [0.1, 0.15) is 18.5 Å². The summed E-state index contributed by atoms with van der Waals surface area (Å²) < 4.78 is 47.4. The first-order valence-electron chi connectivity index (χ1n) is 20.7. The molecule has 1 aliphatic rings. The van der Waals surface area contributed by atoms with Crippen LogP contribution in [0.15, 0.2) is 140 Å². The van der Waals surface area contributed by atoms with Gasteiger partial charge in [-0.3, -0.25) is 4.79 Å². The van der Waals surface area contributed by atoms with Crippen molar-refractivity contribution in [3.05, 3.63) is 173 Å². The second-order valence-corrected chi connectivity index (χ2v) is 15.2. The molecule has 0 spiro atoms. The monoisotopic (exact) mass is 879 g/mol. The van der Waals surface area contributed by atoms with Crippen molar-refractivity contribution in [3.8, 4) is 34.5 Å². The first-order valence-corrected chi connectivity index (χ1v) is 20.7. The van der Waals surface area contributed by atoms with Crippen molar-refractivity contribution in [2.75, 3.05) is 51.9 Å². The molecule has 12 heteroatoms. The number of para-hydroxylation sites is 1. The smallest absolute Gasteiger partial charge is 0.203 e. The fourth-order valence-electron chi connectivity index (χ4n) is 6.92. The van der Waals surface area contributed by atoms with Gasteiger partial charge in [-0.2, -0.15) is 0 Å². The van der Waals surface area contributed by atoms with Gasteiger partial charge in [0.15, 0.2) is 28.8 Å². The number of rotatable bonds is 20. The number of aliphatic hydroxyl groups is 1. The lowest BCUT2D eigenvalue weighted by Gasteiger charge is -2.23. The second-order valence-electron chi connectivity index (χ2n) is 15.2. The Balaban J connectivity index is 1.05. The Bertz CT molecular complexity index is 2610. The van der Waals surface area contributed by atoms with Crippen molar-refractivity contribution < 1.29 is 42.7 Å². The van der Waals surface area contributed by atoms with Crippen LogP contribution in [-0.4, -0.2) is 46.4 Å². The van der Waals surface area contributed by atoms with E-state index < -0.39 is 11.5 Å². The number of aliphatic hydroxyl groups excluding tert-OH is 1. The number of anilines is 3. The molecule has 0 bridgehead atoms. The summed E-state index contributed by atoms with van der Waals surface area (Å²) in [6, 6.07) is 28.4. The number of halogens is 1. The number of nitrogen functional groups attached to an aromatic ring is 1. The Labute approximate surface area is 379 Å². The Hall–Kier alpha value is -7.70. The van der Waals surface area contributed by atoms with Gasteiger partial charge in [-0.1, -0.05) is 72.8 Å². The molecule has 5 aromatic carbocycles. The van der Waals surface area contributed by atoms with Crippen molar-refractivity contribution >= 4 is 47.1 Å². The summed E-state index contributed by atoms with van der Waals surface area (Å²) in [6.45, 7) is 1.89. The fraction of sp³-hybridized carbons (Fsp3) is 0.189. The van der Waals surface area contributed by atoms with Gasteiger partial charge in [0.05, 0.1) is 41.0 Å². The molecule has 65 heavy (non-hydrogen) atoms. The van der Waals surface area contributed by atoms with Crippen LogP contribution < -0.4 is 44.8 Å². The maximum atomic E-state index is 13.4. The maximum absolute atomic E-state index is 13.4. The molecule has 0 saturated heterocycles. The molecule has 5 N–H and O–H groups in total. The molecule has 0 aromatic heterocycles. The number of carbonyl (C=O) groups is 1. The van der Waals surface area contributed by atoms with E-state index in [1.54, 1.807) is 73.1 Å². The summed E-state index contributed by atoms with van der Waals surface area (Å²) in [5.74, 6) is 2.61. The number of nitrogens with one attached hydrogen (secondary N) is 2. The van der Waals surface area contributed by atoms with E-state index in [2.05, 4.69) is 10.6 Å². The average Bonchev–Trinajstić information content (AvgIpc) is 3.33. The van der Waals surface area contributed by atoms with Crippen molar-refractivity contribution in [3.63, 3.8) is 0 Å². The lowest BCUT2D eigenvalue weighted by molar-refractivity contribution is -0.120. The van der Waals surface area contributed by atoms with Gasteiger partial charge in [0.25, 0.3) is 0 Å². The predicted octanol–water partition coefficient (Wildman–Crippen LogP) is 11.2. The average molecular weight is 880 g/mol. The van der Waals surface area contributed by atoms with Gasteiger partial charge < -0.3 is 49.9 Å². The molecular formula is C53H54FN3O8. The van der Waals surface area contributed by atoms with Gasteiger partial charge in [-0.15, -0.1) is 0 Å². The highest BCUT2D eigenvalue weighted by Gasteiger charge is 2.29. The molecular weight excluding hydrogens is 826 g/mol. The van der Waals surface area contributed by atoms with Crippen LogP contribution in [0.1, 0.15) is 52.8 Å². The van der Waals surface area contributed by atoms with Gasteiger partial charge >= 0.3 is 0 Å². The Morgan fingerprint density at radius 3 is 1.74 bits per heavy atom. The molecule has 2 unspecified atom stereocenters. The topological polar surface area (TPSA) is 143 Å². The van der Waals surface area contributed by atoms with Gasteiger partial charge in [0, 0.05) is 34.4 Å². The lowest BCUT2D eigenvalue weighted by atomic mass is 9.79. The molecule has 336 valence electrons. The van der Waals surface area contributed by atoms with Crippen molar-refractivity contribution in [1.82, 2.24) is 0 Å². The Morgan fingerprint density at radius 2 is 1.23 bits per heavy atom. The molecule has 0 fully saturated rings. The van der Waals surface area contributed by atoms with Crippen LogP contribution in [0.4, 0.5) is 21.5 Å². The minimum absolute atomic E-state index is 0.0986. The third kappa shape index (κ3) is 12.1. The van der Waals surface area contributed by atoms with E-state index >= 15 is 0 Å². The molecule has 1 aliphatic carbocycles. The van der Waals surface area contributed by atoms with Gasteiger partial charge in [-0.05, 0) is 115 Å². The number of nitrogens with two attached hydrogens (primary N) is 1. The van der Waals surface area contributed by atoms with E-state index in [1.807, 2.05) is 109 Å². The number of methoxy groups -OCH3 is 5. The highest BCUT2D eigenvalue weighted by Crippen LogP contribution is 2.41. The third-order valence-electron chi connectivity index (χ3n) is 10.8. The summed E-state index contributed by atoms with van der Waals surface area (Å²) in [5, 5.41) is 17.5. The van der Waals surface area contributed by atoms with Crippen molar-refractivity contribution in [2.24, 2.45) is 5.41 Å². The van der Waals surface area contributed by atoms with E-state index in [0.29, 0.717) is 57.7 Å². The zero-order valence-electron chi connectivity index (χ0n) is 37.3. The van der Waals surface area contributed by atoms with Crippen LogP contribution in [0, 0.1) is 5.41 Å². The molecule has 11 nitrogen and oxygen atoms in total. The Kier molecular flexibility index (Phi) is 15.9. The predicted molar refractivity (Wildman–Crippen MR) is 258 cm³/mol. The molecule has 6 rings (SSSR count). The van der Waals surface area contributed by atoms with E-state index in [-0.39, 0.29) is 18.2 Å². The van der Waals surface area contributed by atoms with Crippen LogP contribution in [0.25, 0.3) is 24.3 Å². The number of ketones is 1. The Morgan fingerprint density at radius 1 is 0.723 bits per heavy atom. The minimum Gasteiger partial charge on any atom is -0.493 e. The zero-order chi connectivity index (χ0) is 46.3. The fourth-order valence-corrected chi connectivity index (χ4v) is 6.92. The van der Waals surface area contributed by atoms with Gasteiger partial charge in [0.2, 0.25) is 11.5 Å². The van der Waals surface area contributed by atoms with Crippen LogP contribution in [0.2, 0.25) is 0 Å². The van der Waals surface area contributed by atoms with E-state index in [1.165, 1.54) is 18.2 Å². The van der Waals surface area contributed by atoms with E-state index in [4.69, 9.17) is 34.2 Å². The number of carbonyl (C=O) groups excluding carboxylic acids is 1. The zero-order valence-corrected chi connectivity index (χ0v) is 37.3. The standard InChI is InChI=1S/C53H54FN3O8/c1-53(26-22-40(54)23-27-53)49(59)25-29-57-42-20-16-36(17-21-42)11-13-38-32-47(62-4)52(64-6)48(33-38)65-34-39-8-7-9-43(50(39)55)44(58)24-28-56-41-18-14-35(15-19-41)10-12-37-30-45(60-2)51(63-5)46(31-37)61-3/h7-26,28-33,44,56-58H,27,34,55H2,1-6H3/b12-10-,13-11-,28-24-,29-25-. The van der Waals surface area contributed by atoms with Crippen LogP contribution in [0.3, 0.4) is 0 Å². The summed E-state index contributed by atoms with van der Waals surface area (Å²) in [6.07, 6.45) is 17.9. The van der Waals surface area contributed by atoms with Crippen LogP contribution in [0.5, 0.6) is 34.5 Å².